The Bertz CT molecular complexity index is 1360. The maximum absolute atomic E-state index is 12.0. The third-order valence-corrected chi connectivity index (χ3v) is 7.46. The number of benzene rings is 2. The van der Waals surface area contributed by atoms with E-state index in [9.17, 15) is 18.6 Å². The van der Waals surface area contributed by atoms with Gasteiger partial charge in [-0.15, -0.1) is 0 Å². The number of hydrogen-bond donors (Lipinski definition) is 5. The molecule has 33 heavy (non-hydrogen) atoms. The van der Waals surface area contributed by atoms with Gasteiger partial charge in [-0.05, 0) is 79.3 Å². The molecule has 0 aliphatic rings. The van der Waals surface area contributed by atoms with Gasteiger partial charge in [-0.2, -0.15) is 0 Å². The molecule has 2 aromatic heterocycles. The van der Waals surface area contributed by atoms with E-state index in [1.807, 2.05) is 24.4 Å². The van der Waals surface area contributed by atoms with E-state index in [1.165, 1.54) is 23.6 Å². The van der Waals surface area contributed by atoms with Crippen LogP contribution in [0.3, 0.4) is 0 Å². The van der Waals surface area contributed by atoms with Gasteiger partial charge in [-0.25, -0.2) is 13.1 Å². The molecular weight excluding hydrogens is 438 g/mol. The van der Waals surface area contributed by atoms with Crippen LogP contribution in [0.2, 0.25) is 0 Å². The van der Waals surface area contributed by atoms with Crippen molar-refractivity contribution in [2.75, 3.05) is 20.3 Å². The SMILES string of the molecule is CNS(=O)(=O)Cc1ccc2[nH]c(Cc3ccc4[nH]cc(CCCO)c4c3)c(CCCO)c2c1. The standard InChI is InChI=1S/C25H31N3O4S/c1-26-33(31,32)16-18-7-9-24-22(13-18)20(5-3-11-30)25(28-24)14-17-6-8-23-21(12-17)19(15-27-23)4-2-10-29/h6-9,12-13,15,26-30H,2-5,10-11,14,16H2,1H3. The fraction of sp³-hybridized carbons (Fsp3) is 0.360. The number of aliphatic hydroxyl groups excluding tert-OH is 2. The summed E-state index contributed by atoms with van der Waals surface area (Å²) < 4.78 is 26.4. The minimum atomic E-state index is -3.36. The zero-order chi connectivity index (χ0) is 23.4. The average Bonchev–Trinajstić information content (AvgIpc) is 3.36. The van der Waals surface area contributed by atoms with Crippen molar-refractivity contribution in [1.82, 2.24) is 14.7 Å². The number of aryl methyl sites for hydroxylation is 2. The molecule has 0 radical (unpaired) electrons. The molecule has 0 spiro atoms. The van der Waals surface area contributed by atoms with Crippen LogP contribution in [0.1, 0.15) is 40.8 Å². The van der Waals surface area contributed by atoms with Gasteiger partial charge in [0.2, 0.25) is 10.0 Å². The number of aromatic nitrogens is 2. The molecule has 0 aliphatic carbocycles. The lowest BCUT2D eigenvalue weighted by atomic mass is 9.99. The van der Waals surface area contributed by atoms with Crippen LogP contribution in [-0.2, 0) is 35.0 Å². The molecule has 0 atom stereocenters. The summed E-state index contributed by atoms with van der Waals surface area (Å²) in [5.74, 6) is -0.0693. The second-order valence-electron chi connectivity index (χ2n) is 8.45. The van der Waals surface area contributed by atoms with Crippen LogP contribution in [0.25, 0.3) is 21.8 Å². The fourth-order valence-electron chi connectivity index (χ4n) is 4.44. The first-order chi connectivity index (χ1) is 15.9. The maximum atomic E-state index is 12.0. The monoisotopic (exact) mass is 469 g/mol. The molecule has 2 heterocycles. The van der Waals surface area contributed by atoms with Crippen LogP contribution in [-0.4, -0.2) is 48.9 Å². The first kappa shape index (κ1) is 23.5. The van der Waals surface area contributed by atoms with Crippen molar-refractivity contribution in [3.8, 4) is 0 Å². The zero-order valence-corrected chi connectivity index (χ0v) is 19.6. The van der Waals surface area contributed by atoms with Gasteiger partial charge in [0, 0.05) is 53.3 Å². The van der Waals surface area contributed by atoms with E-state index < -0.39 is 10.0 Å². The second kappa shape index (κ2) is 10.1. The topological polar surface area (TPSA) is 118 Å². The first-order valence-corrected chi connectivity index (χ1v) is 12.9. The molecule has 0 amide bonds. The molecule has 0 saturated heterocycles. The Morgan fingerprint density at radius 1 is 0.909 bits per heavy atom. The van der Waals surface area contributed by atoms with Crippen LogP contribution >= 0.6 is 0 Å². The molecule has 0 unspecified atom stereocenters. The summed E-state index contributed by atoms with van der Waals surface area (Å²) in [7, 11) is -1.94. The van der Waals surface area contributed by atoms with Gasteiger partial charge in [0.1, 0.15) is 0 Å². The summed E-state index contributed by atoms with van der Waals surface area (Å²) in [5, 5.41) is 20.8. The highest BCUT2D eigenvalue weighted by Gasteiger charge is 2.15. The van der Waals surface area contributed by atoms with Crippen LogP contribution in [0.5, 0.6) is 0 Å². The predicted molar refractivity (Wildman–Crippen MR) is 132 cm³/mol. The first-order valence-electron chi connectivity index (χ1n) is 11.3. The third-order valence-electron chi connectivity index (χ3n) is 6.13. The Labute approximate surface area is 193 Å². The summed E-state index contributed by atoms with van der Waals surface area (Å²) in [6.45, 7) is 0.275. The lowest BCUT2D eigenvalue weighted by Gasteiger charge is -2.07. The smallest absolute Gasteiger partial charge is 0.215 e. The zero-order valence-electron chi connectivity index (χ0n) is 18.8. The molecule has 8 heteroatoms. The molecule has 4 rings (SSSR count). The number of hydrogen-bond acceptors (Lipinski definition) is 4. The molecule has 2 aromatic carbocycles. The molecule has 0 fully saturated rings. The van der Waals surface area contributed by atoms with E-state index >= 15 is 0 Å². The Kier molecular flexibility index (Phi) is 7.19. The van der Waals surface area contributed by atoms with Gasteiger partial charge in [-0.3, -0.25) is 0 Å². The van der Waals surface area contributed by atoms with Gasteiger partial charge < -0.3 is 20.2 Å². The van der Waals surface area contributed by atoms with Crippen LogP contribution in [0, 0.1) is 0 Å². The van der Waals surface area contributed by atoms with Crippen molar-refractivity contribution in [3.05, 3.63) is 70.5 Å². The summed E-state index contributed by atoms with van der Waals surface area (Å²) in [6.07, 6.45) is 5.63. The number of aliphatic hydroxyl groups is 2. The van der Waals surface area contributed by atoms with Crippen LogP contribution < -0.4 is 4.72 Å². The van der Waals surface area contributed by atoms with Crippen LogP contribution in [0.4, 0.5) is 0 Å². The van der Waals surface area contributed by atoms with E-state index in [4.69, 9.17) is 0 Å². The predicted octanol–water partition coefficient (Wildman–Crippen LogP) is 3.14. The Hall–Kier alpha value is -2.65. The highest BCUT2D eigenvalue weighted by atomic mass is 32.2. The van der Waals surface area contributed by atoms with Crippen molar-refractivity contribution >= 4 is 31.8 Å². The minimum Gasteiger partial charge on any atom is -0.396 e. The molecular formula is C25H31N3O4S. The number of rotatable bonds is 11. The molecule has 5 N–H and O–H groups in total. The number of H-pyrrole nitrogens is 2. The van der Waals surface area contributed by atoms with Crippen molar-refractivity contribution < 1.29 is 18.6 Å². The fourth-order valence-corrected chi connectivity index (χ4v) is 5.20. The number of sulfonamides is 1. The Balaban J connectivity index is 1.70. The molecule has 4 aromatic rings. The Morgan fingerprint density at radius 2 is 1.61 bits per heavy atom. The van der Waals surface area contributed by atoms with Crippen molar-refractivity contribution in [2.24, 2.45) is 0 Å². The highest BCUT2D eigenvalue weighted by Crippen LogP contribution is 2.29. The lowest BCUT2D eigenvalue weighted by molar-refractivity contribution is 0.288. The summed E-state index contributed by atoms with van der Waals surface area (Å²) in [6, 6.07) is 12.1. The summed E-state index contributed by atoms with van der Waals surface area (Å²) >= 11 is 0. The van der Waals surface area contributed by atoms with E-state index in [0.29, 0.717) is 19.3 Å². The van der Waals surface area contributed by atoms with Crippen molar-refractivity contribution in [3.63, 3.8) is 0 Å². The van der Waals surface area contributed by atoms with Crippen molar-refractivity contribution in [1.29, 1.82) is 0 Å². The average molecular weight is 470 g/mol. The molecule has 7 nitrogen and oxygen atoms in total. The summed E-state index contributed by atoms with van der Waals surface area (Å²) in [4.78, 5) is 6.84. The van der Waals surface area contributed by atoms with E-state index in [2.05, 4.69) is 32.9 Å². The number of nitrogens with one attached hydrogen (secondary N) is 3. The third kappa shape index (κ3) is 5.30. The molecule has 0 saturated carbocycles. The molecule has 176 valence electrons. The highest BCUT2D eigenvalue weighted by molar-refractivity contribution is 7.88. The normalized spacial score (nSPS) is 12.2. The largest absolute Gasteiger partial charge is 0.396 e. The van der Waals surface area contributed by atoms with Gasteiger partial charge in [0.05, 0.1) is 5.75 Å². The van der Waals surface area contributed by atoms with E-state index in [0.717, 1.165) is 46.1 Å². The number of aromatic amines is 2. The quantitative estimate of drug-likeness (QED) is 0.232. The van der Waals surface area contributed by atoms with Gasteiger partial charge in [0.15, 0.2) is 0 Å². The molecule has 0 aliphatic heterocycles. The Morgan fingerprint density at radius 3 is 2.36 bits per heavy atom. The second-order valence-corrected chi connectivity index (χ2v) is 10.4. The van der Waals surface area contributed by atoms with E-state index in [1.54, 1.807) is 0 Å². The summed E-state index contributed by atoms with van der Waals surface area (Å²) in [5.41, 5.74) is 7.36. The number of fused-ring (bicyclic) bond motifs is 2. The molecule has 0 bridgehead atoms. The van der Waals surface area contributed by atoms with Crippen LogP contribution in [0.15, 0.2) is 42.6 Å². The maximum Gasteiger partial charge on any atom is 0.215 e. The van der Waals surface area contributed by atoms with Gasteiger partial charge in [-0.1, -0.05) is 12.1 Å². The van der Waals surface area contributed by atoms with Gasteiger partial charge in [0.25, 0.3) is 0 Å². The van der Waals surface area contributed by atoms with Gasteiger partial charge >= 0.3 is 0 Å². The minimum absolute atomic E-state index is 0.0693. The van der Waals surface area contributed by atoms with E-state index in [-0.39, 0.29) is 19.0 Å². The lowest BCUT2D eigenvalue weighted by Crippen LogP contribution is -2.20. The van der Waals surface area contributed by atoms with Crippen molar-refractivity contribution in [2.45, 2.75) is 37.9 Å².